The molecular weight excluding hydrogens is 262 g/mol. The molecule has 3 rings (SSSR count). The third kappa shape index (κ3) is 3.85. The summed E-state index contributed by atoms with van der Waals surface area (Å²) in [5, 5.41) is 7.06. The van der Waals surface area contributed by atoms with Gasteiger partial charge in [0.1, 0.15) is 5.75 Å². The van der Waals surface area contributed by atoms with E-state index in [2.05, 4.69) is 40.2 Å². The maximum Gasteiger partial charge on any atom is 0.122 e. The standard InChI is InChI=1S/C17H23N3O/c1-14-5-2-3-7-17(14)21-13-15-6-4-10-20(11-15)12-16-8-9-18-19-16/h2-3,5,7-9,15H,4,6,10-13H2,1H3,(H,18,19). The van der Waals surface area contributed by atoms with Crippen LogP contribution in [-0.2, 0) is 6.54 Å². The number of rotatable bonds is 5. The van der Waals surface area contributed by atoms with Crippen LogP contribution in [0.25, 0.3) is 0 Å². The molecule has 1 saturated heterocycles. The lowest BCUT2D eigenvalue weighted by Gasteiger charge is -2.32. The Bertz CT molecular complexity index is 553. The molecule has 0 spiro atoms. The van der Waals surface area contributed by atoms with Gasteiger partial charge in [-0.1, -0.05) is 18.2 Å². The fourth-order valence-corrected chi connectivity index (χ4v) is 2.97. The lowest BCUT2D eigenvalue weighted by Crippen LogP contribution is -2.37. The molecule has 4 heteroatoms. The van der Waals surface area contributed by atoms with E-state index in [1.54, 1.807) is 0 Å². The summed E-state index contributed by atoms with van der Waals surface area (Å²) in [6.45, 7) is 6.14. The van der Waals surface area contributed by atoms with Crippen LogP contribution in [-0.4, -0.2) is 34.8 Å². The van der Waals surface area contributed by atoms with Gasteiger partial charge in [0.2, 0.25) is 0 Å². The number of ether oxygens (including phenoxy) is 1. The third-order valence-electron chi connectivity index (χ3n) is 4.12. The molecule has 1 aromatic carbocycles. The number of hydrogen-bond donors (Lipinski definition) is 1. The average molecular weight is 285 g/mol. The quantitative estimate of drug-likeness (QED) is 0.918. The van der Waals surface area contributed by atoms with Crippen molar-refractivity contribution in [1.29, 1.82) is 0 Å². The number of benzene rings is 1. The van der Waals surface area contributed by atoms with E-state index in [0.29, 0.717) is 5.92 Å². The molecule has 2 heterocycles. The molecule has 1 aliphatic heterocycles. The zero-order chi connectivity index (χ0) is 14.5. The molecular formula is C17H23N3O. The molecule has 1 fully saturated rings. The van der Waals surface area contributed by atoms with Crippen LogP contribution in [0.3, 0.4) is 0 Å². The van der Waals surface area contributed by atoms with Gasteiger partial charge in [0, 0.05) is 30.9 Å². The summed E-state index contributed by atoms with van der Waals surface area (Å²) < 4.78 is 6.01. The summed E-state index contributed by atoms with van der Waals surface area (Å²) in [6, 6.07) is 10.3. The van der Waals surface area contributed by atoms with Crippen LogP contribution in [0.2, 0.25) is 0 Å². The van der Waals surface area contributed by atoms with Gasteiger partial charge in [-0.3, -0.25) is 10.00 Å². The molecule has 1 aliphatic rings. The maximum atomic E-state index is 6.01. The predicted octanol–water partition coefficient (Wildman–Crippen LogP) is 3.01. The van der Waals surface area contributed by atoms with Crippen molar-refractivity contribution < 1.29 is 4.74 Å². The minimum atomic E-state index is 0.612. The number of aromatic nitrogens is 2. The smallest absolute Gasteiger partial charge is 0.122 e. The topological polar surface area (TPSA) is 41.1 Å². The Balaban J connectivity index is 1.51. The van der Waals surface area contributed by atoms with Crippen molar-refractivity contribution in [3.05, 3.63) is 47.8 Å². The summed E-state index contributed by atoms with van der Waals surface area (Å²) in [6.07, 6.45) is 4.32. The van der Waals surface area contributed by atoms with Gasteiger partial charge in [-0.2, -0.15) is 5.10 Å². The summed E-state index contributed by atoms with van der Waals surface area (Å²) in [5.74, 6) is 1.63. The van der Waals surface area contributed by atoms with Gasteiger partial charge in [-0.25, -0.2) is 0 Å². The first kappa shape index (κ1) is 14.1. The zero-order valence-electron chi connectivity index (χ0n) is 12.6. The Labute approximate surface area is 126 Å². The van der Waals surface area contributed by atoms with Crippen molar-refractivity contribution in [2.45, 2.75) is 26.3 Å². The van der Waals surface area contributed by atoms with E-state index >= 15 is 0 Å². The highest BCUT2D eigenvalue weighted by molar-refractivity contribution is 5.31. The van der Waals surface area contributed by atoms with Gasteiger partial charge >= 0.3 is 0 Å². The number of hydrogen-bond acceptors (Lipinski definition) is 3. The van der Waals surface area contributed by atoms with Gasteiger partial charge in [-0.15, -0.1) is 0 Å². The van der Waals surface area contributed by atoms with E-state index in [4.69, 9.17) is 4.74 Å². The van der Waals surface area contributed by atoms with Crippen LogP contribution >= 0.6 is 0 Å². The normalized spacial score (nSPS) is 19.6. The summed E-state index contributed by atoms with van der Waals surface area (Å²) in [5.41, 5.74) is 2.40. The number of H-pyrrole nitrogens is 1. The van der Waals surface area contributed by atoms with Gasteiger partial charge < -0.3 is 4.74 Å². The number of piperidine rings is 1. The minimum Gasteiger partial charge on any atom is -0.493 e. The number of nitrogens with one attached hydrogen (secondary N) is 1. The first-order chi connectivity index (χ1) is 10.3. The molecule has 4 nitrogen and oxygen atoms in total. The van der Waals surface area contributed by atoms with Gasteiger partial charge in [0.05, 0.1) is 6.61 Å². The first-order valence-electron chi connectivity index (χ1n) is 7.70. The van der Waals surface area contributed by atoms with Crippen LogP contribution in [0.4, 0.5) is 0 Å². The first-order valence-corrected chi connectivity index (χ1v) is 7.70. The monoisotopic (exact) mass is 285 g/mol. The molecule has 0 saturated carbocycles. The fraction of sp³-hybridized carbons (Fsp3) is 0.471. The molecule has 1 aromatic heterocycles. The second-order valence-electron chi connectivity index (χ2n) is 5.90. The third-order valence-corrected chi connectivity index (χ3v) is 4.12. The van der Waals surface area contributed by atoms with Gasteiger partial charge in [-0.05, 0) is 44.0 Å². The van der Waals surface area contributed by atoms with Crippen molar-refractivity contribution in [2.24, 2.45) is 5.92 Å². The fourth-order valence-electron chi connectivity index (χ4n) is 2.97. The molecule has 21 heavy (non-hydrogen) atoms. The zero-order valence-corrected chi connectivity index (χ0v) is 12.6. The van der Waals surface area contributed by atoms with Crippen molar-refractivity contribution in [1.82, 2.24) is 15.1 Å². The number of aromatic amines is 1. The minimum absolute atomic E-state index is 0.612. The van der Waals surface area contributed by atoms with Crippen molar-refractivity contribution in [2.75, 3.05) is 19.7 Å². The second-order valence-corrected chi connectivity index (χ2v) is 5.90. The lowest BCUT2D eigenvalue weighted by atomic mass is 9.99. The SMILES string of the molecule is Cc1ccccc1OCC1CCCN(Cc2ccn[nH]2)C1. The number of aryl methyl sites for hydroxylation is 1. The van der Waals surface area contributed by atoms with Crippen LogP contribution < -0.4 is 4.74 Å². The molecule has 1 atom stereocenters. The van der Waals surface area contributed by atoms with Crippen molar-refractivity contribution >= 4 is 0 Å². The Morgan fingerprint density at radius 2 is 2.24 bits per heavy atom. The Hall–Kier alpha value is -1.81. The van der Waals surface area contributed by atoms with Crippen molar-refractivity contribution in [3.8, 4) is 5.75 Å². The van der Waals surface area contributed by atoms with Crippen LogP contribution in [0, 0.1) is 12.8 Å². The molecule has 1 N–H and O–H groups in total. The highest BCUT2D eigenvalue weighted by Crippen LogP contribution is 2.21. The van der Waals surface area contributed by atoms with E-state index < -0.39 is 0 Å². The van der Waals surface area contributed by atoms with E-state index in [9.17, 15) is 0 Å². The summed E-state index contributed by atoms with van der Waals surface area (Å²) in [4.78, 5) is 2.49. The molecule has 0 amide bonds. The highest BCUT2D eigenvalue weighted by atomic mass is 16.5. The molecule has 0 aliphatic carbocycles. The van der Waals surface area contributed by atoms with Crippen molar-refractivity contribution in [3.63, 3.8) is 0 Å². The van der Waals surface area contributed by atoms with E-state index in [1.807, 2.05) is 18.3 Å². The van der Waals surface area contributed by atoms with Gasteiger partial charge in [0.25, 0.3) is 0 Å². The largest absolute Gasteiger partial charge is 0.493 e. The Kier molecular flexibility index (Phi) is 4.55. The van der Waals surface area contributed by atoms with E-state index in [1.165, 1.54) is 30.6 Å². The Morgan fingerprint density at radius 1 is 1.33 bits per heavy atom. The summed E-state index contributed by atoms with van der Waals surface area (Å²) in [7, 11) is 0. The van der Waals surface area contributed by atoms with E-state index in [0.717, 1.165) is 25.4 Å². The number of para-hydroxylation sites is 1. The number of likely N-dealkylation sites (tertiary alicyclic amines) is 1. The second kappa shape index (κ2) is 6.76. The predicted molar refractivity (Wildman–Crippen MR) is 83.3 cm³/mol. The average Bonchev–Trinajstić information content (AvgIpc) is 3.00. The molecule has 0 bridgehead atoms. The highest BCUT2D eigenvalue weighted by Gasteiger charge is 2.21. The molecule has 112 valence electrons. The molecule has 1 unspecified atom stereocenters. The molecule has 0 radical (unpaired) electrons. The van der Waals surface area contributed by atoms with Crippen LogP contribution in [0.15, 0.2) is 36.5 Å². The van der Waals surface area contributed by atoms with Crippen LogP contribution in [0.1, 0.15) is 24.1 Å². The summed E-state index contributed by atoms with van der Waals surface area (Å²) >= 11 is 0. The lowest BCUT2D eigenvalue weighted by molar-refractivity contribution is 0.124. The van der Waals surface area contributed by atoms with Crippen LogP contribution in [0.5, 0.6) is 5.75 Å². The maximum absolute atomic E-state index is 6.01. The number of nitrogens with zero attached hydrogens (tertiary/aromatic N) is 2. The van der Waals surface area contributed by atoms with Gasteiger partial charge in [0.15, 0.2) is 0 Å². The molecule has 2 aromatic rings. The Morgan fingerprint density at radius 3 is 3.05 bits per heavy atom. The van der Waals surface area contributed by atoms with E-state index in [-0.39, 0.29) is 0 Å².